The lowest BCUT2D eigenvalue weighted by molar-refractivity contribution is -0.184. The molecule has 1 amide bonds. The van der Waals surface area contributed by atoms with Crippen molar-refractivity contribution >= 4 is 5.91 Å². The van der Waals surface area contributed by atoms with Gasteiger partial charge < -0.3 is 14.8 Å². The van der Waals surface area contributed by atoms with Crippen LogP contribution in [0, 0.1) is 5.92 Å². The highest BCUT2D eigenvalue weighted by molar-refractivity contribution is 5.82. The van der Waals surface area contributed by atoms with Crippen molar-refractivity contribution in [3.63, 3.8) is 0 Å². The number of amides is 1. The number of para-hydroxylation sites is 2. The van der Waals surface area contributed by atoms with E-state index in [4.69, 9.17) is 9.47 Å². The SMILES string of the molecule is CC1Oc2ccccc2OC1C(=O)NC1CCCC(C(F)(F)F)C1. The number of nitrogens with one attached hydrogen (secondary N) is 1. The number of benzene rings is 1. The van der Waals surface area contributed by atoms with Crippen molar-refractivity contribution in [2.24, 2.45) is 5.92 Å². The van der Waals surface area contributed by atoms with Crippen LogP contribution in [0.2, 0.25) is 0 Å². The summed E-state index contributed by atoms with van der Waals surface area (Å²) < 4.78 is 50.0. The Bertz CT molecular complexity index is 605. The first-order valence-corrected chi connectivity index (χ1v) is 8.14. The Morgan fingerprint density at radius 3 is 2.50 bits per heavy atom. The molecule has 4 unspecified atom stereocenters. The zero-order chi connectivity index (χ0) is 17.3. The van der Waals surface area contributed by atoms with E-state index in [0.29, 0.717) is 24.3 Å². The summed E-state index contributed by atoms with van der Waals surface area (Å²) in [5.41, 5.74) is 0. The molecule has 1 fully saturated rings. The Labute approximate surface area is 138 Å². The van der Waals surface area contributed by atoms with Gasteiger partial charge in [0.25, 0.3) is 5.91 Å². The summed E-state index contributed by atoms with van der Waals surface area (Å²) in [6.07, 6.45) is -4.53. The second-order valence-electron chi connectivity index (χ2n) is 6.42. The van der Waals surface area contributed by atoms with Crippen LogP contribution in [0.3, 0.4) is 0 Å². The van der Waals surface area contributed by atoms with Gasteiger partial charge in [0.2, 0.25) is 6.10 Å². The van der Waals surface area contributed by atoms with Gasteiger partial charge in [0.15, 0.2) is 11.5 Å². The minimum absolute atomic E-state index is 0.0756. The van der Waals surface area contributed by atoms with Crippen molar-refractivity contribution in [2.75, 3.05) is 0 Å². The standard InChI is InChI=1S/C17H20F3NO3/c1-10-15(24-14-8-3-2-7-13(14)23-10)16(22)21-12-6-4-5-11(9-12)17(18,19)20/h2-3,7-8,10-12,15H,4-6,9H2,1H3,(H,21,22). The molecule has 0 spiro atoms. The van der Waals surface area contributed by atoms with Crippen LogP contribution in [0.1, 0.15) is 32.6 Å². The molecular formula is C17H20F3NO3. The van der Waals surface area contributed by atoms with Gasteiger partial charge in [-0.05, 0) is 38.3 Å². The van der Waals surface area contributed by atoms with Gasteiger partial charge in [-0.15, -0.1) is 0 Å². The average molecular weight is 343 g/mol. The Hall–Kier alpha value is -1.92. The lowest BCUT2D eigenvalue weighted by Crippen LogP contribution is -2.52. The van der Waals surface area contributed by atoms with Gasteiger partial charge in [0.1, 0.15) is 6.10 Å². The molecule has 3 rings (SSSR count). The Balaban J connectivity index is 1.63. The molecule has 1 aliphatic heterocycles. The van der Waals surface area contributed by atoms with E-state index in [0.717, 1.165) is 0 Å². The summed E-state index contributed by atoms with van der Waals surface area (Å²) in [4.78, 5) is 12.4. The van der Waals surface area contributed by atoms with Crippen LogP contribution < -0.4 is 14.8 Å². The van der Waals surface area contributed by atoms with Crippen molar-refractivity contribution in [3.8, 4) is 11.5 Å². The summed E-state index contributed by atoms with van der Waals surface area (Å²) in [5.74, 6) is -0.750. The Kier molecular flexibility index (Phi) is 4.60. The van der Waals surface area contributed by atoms with Crippen LogP contribution in [0.5, 0.6) is 11.5 Å². The number of hydrogen-bond donors (Lipinski definition) is 1. The normalized spacial score (nSPS) is 29.8. The zero-order valence-corrected chi connectivity index (χ0v) is 13.3. The van der Waals surface area contributed by atoms with Gasteiger partial charge in [-0.2, -0.15) is 13.2 Å². The minimum atomic E-state index is -4.21. The van der Waals surface area contributed by atoms with Crippen molar-refractivity contribution in [2.45, 2.75) is 57.0 Å². The third kappa shape index (κ3) is 3.60. The molecule has 1 aliphatic carbocycles. The predicted octanol–water partition coefficient (Wildman–Crippen LogP) is 3.45. The molecule has 1 N–H and O–H groups in total. The molecule has 0 aromatic heterocycles. The maximum absolute atomic E-state index is 12.9. The van der Waals surface area contributed by atoms with Crippen LogP contribution in [0.25, 0.3) is 0 Å². The lowest BCUT2D eigenvalue weighted by Gasteiger charge is -2.34. The Morgan fingerprint density at radius 1 is 1.17 bits per heavy atom. The van der Waals surface area contributed by atoms with E-state index in [2.05, 4.69) is 5.32 Å². The van der Waals surface area contributed by atoms with Gasteiger partial charge in [-0.25, -0.2) is 0 Å². The lowest BCUT2D eigenvalue weighted by atomic mass is 9.85. The molecule has 24 heavy (non-hydrogen) atoms. The highest BCUT2D eigenvalue weighted by atomic mass is 19.4. The molecule has 132 valence electrons. The van der Waals surface area contributed by atoms with Crippen LogP contribution in [-0.2, 0) is 4.79 Å². The maximum Gasteiger partial charge on any atom is 0.391 e. The number of ether oxygens (including phenoxy) is 2. The maximum atomic E-state index is 12.9. The number of alkyl halides is 3. The summed E-state index contributed by atoms with van der Waals surface area (Å²) >= 11 is 0. The van der Waals surface area contributed by atoms with Crippen molar-refractivity contribution < 1.29 is 27.4 Å². The van der Waals surface area contributed by atoms with E-state index in [1.807, 2.05) is 0 Å². The van der Waals surface area contributed by atoms with E-state index in [9.17, 15) is 18.0 Å². The summed E-state index contributed by atoms with van der Waals surface area (Å²) in [6.45, 7) is 1.71. The second kappa shape index (κ2) is 6.53. The molecule has 0 radical (unpaired) electrons. The minimum Gasteiger partial charge on any atom is -0.482 e. The Morgan fingerprint density at radius 2 is 1.83 bits per heavy atom. The first-order valence-electron chi connectivity index (χ1n) is 8.14. The topological polar surface area (TPSA) is 47.6 Å². The molecule has 1 saturated carbocycles. The van der Waals surface area contributed by atoms with E-state index in [1.54, 1.807) is 31.2 Å². The fraction of sp³-hybridized carbons (Fsp3) is 0.588. The van der Waals surface area contributed by atoms with E-state index in [-0.39, 0.29) is 12.8 Å². The van der Waals surface area contributed by atoms with Gasteiger partial charge in [-0.1, -0.05) is 18.6 Å². The van der Waals surface area contributed by atoms with Gasteiger partial charge >= 0.3 is 6.18 Å². The molecule has 4 nitrogen and oxygen atoms in total. The third-order valence-corrected chi connectivity index (χ3v) is 4.58. The van der Waals surface area contributed by atoms with Crippen LogP contribution in [0.15, 0.2) is 24.3 Å². The third-order valence-electron chi connectivity index (χ3n) is 4.58. The van der Waals surface area contributed by atoms with E-state index in [1.165, 1.54) is 0 Å². The predicted molar refractivity (Wildman–Crippen MR) is 80.9 cm³/mol. The quantitative estimate of drug-likeness (QED) is 0.895. The van der Waals surface area contributed by atoms with Crippen molar-refractivity contribution in [3.05, 3.63) is 24.3 Å². The summed E-state index contributed by atoms with van der Waals surface area (Å²) in [7, 11) is 0. The number of carbonyl (C=O) groups excluding carboxylic acids is 1. The number of fused-ring (bicyclic) bond motifs is 1. The fourth-order valence-electron chi connectivity index (χ4n) is 3.31. The molecule has 1 aromatic carbocycles. The van der Waals surface area contributed by atoms with Gasteiger partial charge in [0.05, 0.1) is 5.92 Å². The molecule has 4 atom stereocenters. The van der Waals surface area contributed by atoms with Crippen LogP contribution in [-0.4, -0.2) is 30.3 Å². The first-order chi connectivity index (χ1) is 11.3. The van der Waals surface area contributed by atoms with E-state index < -0.39 is 36.3 Å². The highest BCUT2D eigenvalue weighted by Crippen LogP contribution is 2.38. The molecule has 1 aromatic rings. The van der Waals surface area contributed by atoms with Gasteiger partial charge in [0, 0.05) is 6.04 Å². The highest BCUT2D eigenvalue weighted by Gasteiger charge is 2.43. The van der Waals surface area contributed by atoms with E-state index >= 15 is 0 Å². The zero-order valence-electron chi connectivity index (χ0n) is 13.3. The average Bonchev–Trinajstić information content (AvgIpc) is 2.53. The molecule has 0 bridgehead atoms. The molecule has 7 heteroatoms. The van der Waals surface area contributed by atoms with Crippen LogP contribution in [0.4, 0.5) is 13.2 Å². The molecule has 1 heterocycles. The first kappa shape index (κ1) is 16.9. The number of rotatable bonds is 2. The summed E-state index contributed by atoms with van der Waals surface area (Å²) in [6, 6.07) is 6.53. The number of carbonyl (C=O) groups is 1. The number of halogens is 3. The second-order valence-corrected chi connectivity index (χ2v) is 6.42. The van der Waals surface area contributed by atoms with Gasteiger partial charge in [-0.3, -0.25) is 4.79 Å². The number of hydrogen-bond acceptors (Lipinski definition) is 3. The summed E-state index contributed by atoms with van der Waals surface area (Å²) in [5, 5.41) is 2.71. The smallest absolute Gasteiger partial charge is 0.391 e. The van der Waals surface area contributed by atoms with Crippen molar-refractivity contribution in [1.82, 2.24) is 5.32 Å². The fourth-order valence-corrected chi connectivity index (χ4v) is 3.31. The van der Waals surface area contributed by atoms with Crippen LogP contribution >= 0.6 is 0 Å². The largest absolute Gasteiger partial charge is 0.482 e. The molecule has 2 aliphatic rings. The van der Waals surface area contributed by atoms with Crippen molar-refractivity contribution in [1.29, 1.82) is 0 Å². The molecular weight excluding hydrogens is 323 g/mol. The monoisotopic (exact) mass is 343 g/mol. The molecule has 0 saturated heterocycles.